The topological polar surface area (TPSA) is 53.1 Å². The van der Waals surface area contributed by atoms with Gasteiger partial charge in [0.2, 0.25) is 0 Å². The van der Waals surface area contributed by atoms with Gasteiger partial charge in [-0.3, -0.25) is 4.68 Å². The van der Waals surface area contributed by atoms with Crippen molar-refractivity contribution in [2.75, 3.05) is 6.61 Å². The lowest BCUT2D eigenvalue weighted by atomic mass is 10.1. The minimum atomic E-state index is -0.0501. The van der Waals surface area contributed by atoms with Crippen LogP contribution in [0.1, 0.15) is 24.1 Å². The predicted molar refractivity (Wildman–Crippen MR) is 79.2 cm³/mol. The smallest absolute Gasteiger partial charge is 0.124 e. The van der Waals surface area contributed by atoms with E-state index in [1.165, 1.54) is 5.56 Å². The molecule has 2 N–H and O–H groups in total. The van der Waals surface area contributed by atoms with E-state index in [9.17, 15) is 0 Å². The maximum absolute atomic E-state index is 5.96. The second-order valence-corrected chi connectivity index (χ2v) is 5.51. The number of ether oxygens (including phenoxy) is 1. The minimum absolute atomic E-state index is 0.0501. The maximum atomic E-state index is 5.96. The van der Waals surface area contributed by atoms with Gasteiger partial charge in [-0.25, -0.2) is 0 Å². The Morgan fingerprint density at radius 3 is 2.89 bits per heavy atom. The van der Waals surface area contributed by atoms with E-state index in [2.05, 4.69) is 21.0 Å². The van der Waals surface area contributed by atoms with E-state index >= 15 is 0 Å². The molecule has 0 aliphatic carbocycles. The second kappa shape index (κ2) is 6.21. The SMILES string of the molecule is C[C@H](N)c1cc(Br)ccc1OCCc1cnn(C)c1. The number of hydrogen-bond acceptors (Lipinski definition) is 3. The van der Waals surface area contributed by atoms with Crippen LogP contribution in [0, 0.1) is 0 Å². The number of hydrogen-bond donors (Lipinski definition) is 1. The van der Waals surface area contributed by atoms with Crippen molar-refractivity contribution < 1.29 is 4.74 Å². The van der Waals surface area contributed by atoms with Crippen molar-refractivity contribution in [2.24, 2.45) is 12.8 Å². The van der Waals surface area contributed by atoms with Gasteiger partial charge >= 0.3 is 0 Å². The summed E-state index contributed by atoms with van der Waals surface area (Å²) >= 11 is 3.45. The third-order valence-corrected chi connectivity index (χ3v) is 3.36. The summed E-state index contributed by atoms with van der Waals surface area (Å²) in [6.45, 7) is 2.57. The molecule has 2 aromatic rings. The number of rotatable bonds is 5. The molecule has 19 heavy (non-hydrogen) atoms. The fourth-order valence-corrected chi connectivity index (χ4v) is 2.27. The quantitative estimate of drug-likeness (QED) is 0.920. The van der Waals surface area contributed by atoms with Crippen LogP contribution in [0.3, 0.4) is 0 Å². The van der Waals surface area contributed by atoms with Gasteiger partial charge in [0.25, 0.3) is 0 Å². The van der Waals surface area contributed by atoms with E-state index in [0.29, 0.717) is 6.61 Å². The standard InChI is InChI=1S/C14H18BrN3O/c1-10(16)13-7-12(15)3-4-14(13)19-6-5-11-8-17-18(2)9-11/h3-4,7-10H,5-6,16H2,1-2H3/t10-/m0/s1. The molecule has 0 spiro atoms. The van der Waals surface area contributed by atoms with Crippen molar-refractivity contribution in [2.45, 2.75) is 19.4 Å². The molecule has 1 aromatic heterocycles. The monoisotopic (exact) mass is 323 g/mol. The largest absolute Gasteiger partial charge is 0.493 e. The first kappa shape index (κ1) is 14.1. The summed E-state index contributed by atoms with van der Waals surface area (Å²) in [7, 11) is 1.91. The highest BCUT2D eigenvalue weighted by Crippen LogP contribution is 2.27. The number of nitrogens with zero attached hydrogens (tertiary/aromatic N) is 2. The van der Waals surface area contributed by atoms with E-state index < -0.39 is 0 Å². The Kier molecular flexibility index (Phi) is 4.61. The van der Waals surface area contributed by atoms with Gasteiger partial charge < -0.3 is 10.5 Å². The zero-order valence-corrected chi connectivity index (χ0v) is 12.7. The zero-order chi connectivity index (χ0) is 13.8. The van der Waals surface area contributed by atoms with Crippen molar-refractivity contribution in [3.05, 3.63) is 46.2 Å². The van der Waals surface area contributed by atoms with Gasteiger partial charge in [0.15, 0.2) is 0 Å². The van der Waals surface area contributed by atoms with Crippen molar-refractivity contribution in [1.82, 2.24) is 9.78 Å². The highest BCUT2D eigenvalue weighted by Gasteiger charge is 2.09. The summed E-state index contributed by atoms with van der Waals surface area (Å²) in [4.78, 5) is 0. The van der Waals surface area contributed by atoms with E-state index in [1.807, 2.05) is 44.6 Å². The van der Waals surface area contributed by atoms with Crippen LogP contribution in [0.4, 0.5) is 0 Å². The number of halogens is 1. The van der Waals surface area contributed by atoms with E-state index in [0.717, 1.165) is 22.2 Å². The van der Waals surface area contributed by atoms with Gasteiger partial charge in [-0.05, 0) is 30.7 Å². The highest BCUT2D eigenvalue weighted by molar-refractivity contribution is 9.10. The molecular formula is C14H18BrN3O. The summed E-state index contributed by atoms with van der Waals surface area (Å²) in [6, 6.07) is 5.87. The second-order valence-electron chi connectivity index (χ2n) is 4.59. The molecule has 0 aliphatic rings. The molecular weight excluding hydrogens is 306 g/mol. The van der Waals surface area contributed by atoms with Crippen LogP contribution < -0.4 is 10.5 Å². The first-order valence-electron chi connectivity index (χ1n) is 6.21. The third kappa shape index (κ3) is 3.81. The summed E-state index contributed by atoms with van der Waals surface area (Å²) in [5.74, 6) is 0.849. The lowest BCUT2D eigenvalue weighted by molar-refractivity contribution is 0.317. The van der Waals surface area contributed by atoms with Crippen molar-refractivity contribution in [1.29, 1.82) is 0 Å². The van der Waals surface area contributed by atoms with Crippen LogP contribution in [0.5, 0.6) is 5.75 Å². The van der Waals surface area contributed by atoms with E-state index in [4.69, 9.17) is 10.5 Å². The summed E-state index contributed by atoms with van der Waals surface area (Å²) < 4.78 is 8.64. The number of aromatic nitrogens is 2. The third-order valence-electron chi connectivity index (χ3n) is 2.87. The van der Waals surface area contributed by atoms with E-state index in [-0.39, 0.29) is 6.04 Å². The molecule has 0 amide bonds. The molecule has 2 rings (SSSR count). The molecule has 4 nitrogen and oxygen atoms in total. The Balaban J connectivity index is 1.99. The van der Waals surface area contributed by atoms with Crippen LogP contribution in [-0.2, 0) is 13.5 Å². The van der Waals surface area contributed by atoms with Crippen LogP contribution in [0.2, 0.25) is 0 Å². The first-order valence-corrected chi connectivity index (χ1v) is 7.01. The van der Waals surface area contributed by atoms with Crippen molar-refractivity contribution in [3.8, 4) is 5.75 Å². The summed E-state index contributed by atoms with van der Waals surface area (Å²) in [5.41, 5.74) is 8.14. The Hall–Kier alpha value is -1.33. The van der Waals surface area contributed by atoms with Crippen molar-refractivity contribution in [3.63, 3.8) is 0 Å². The first-order chi connectivity index (χ1) is 9.06. The molecule has 0 aliphatic heterocycles. The van der Waals surface area contributed by atoms with Crippen molar-refractivity contribution >= 4 is 15.9 Å². The molecule has 0 bridgehead atoms. The predicted octanol–water partition coefficient (Wildman–Crippen LogP) is 2.82. The molecule has 0 unspecified atom stereocenters. The number of nitrogens with two attached hydrogens (primary N) is 1. The molecule has 0 fully saturated rings. The molecule has 1 aromatic carbocycles. The minimum Gasteiger partial charge on any atom is -0.493 e. The van der Waals surface area contributed by atoms with Crippen LogP contribution in [-0.4, -0.2) is 16.4 Å². The van der Waals surface area contributed by atoms with Gasteiger partial charge in [0.1, 0.15) is 5.75 Å². The average Bonchev–Trinajstić information content (AvgIpc) is 2.77. The van der Waals surface area contributed by atoms with Gasteiger partial charge in [-0.1, -0.05) is 15.9 Å². The summed E-state index contributed by atoms with van der Waals surface area (Å²) in [5, 5.41) is 4.13. The van der Waals surface area contributed by atoms with Crippen LogP contribution in [0.25, 0.3) is 0 Å². The fourth-order valence-electron chi connectivity index (χ4n) is 1.89. The molecule has 0 saturated carbocycles. The molecule has 1 atom stereocenters. The number of aryl methyl sites for hydroxylation is 1. The average molecular weight is 324 g/mol. The van der Waals surface area contributed by atoms with Crippen LogP contribution in [0.15, 0.2) is 35.1 Å². The molecule has 102 valence electrons. The Bertz CT molecular complexity index is 551. The van der Waals surface area contributed by atoms with Gasteiger partial charge in [0.05, 0.1) is 12.8 Å². The zero-order valence-electron chi connectivity index (χ0n) is 11.1. The lowest BCUT2D eigenvalue weighted by Gasteiger charge is -2.14. The normalized spacial score (nSPS) is 12.4. The molecule has 0 saturated heterocycles. The summed E-state index contributed by atoms with van der Waals surface area (Å²) in [6.07, 6.45) is 4.69. The Morgan fingerprint density at radius 1 is 1.47 bits per heavy atom. The maximum Gasteiger partial charge on any atom is 0.124 e. The molecule has 5 heteroatoms. The lowest BCUT2D eigenvalue weighted by Crippen LogP contribution is -2.09. The molecule has 0 radical (unpaired) electrons. The van der Waals surface area contributed by atoms with E-state index in [1.54, 1.807) is 4.68 Å². The Morgan fingerprint density at radius 2 is 2.26 bits per heavy atom. The fraction of sp³-hybridized carbons (Fsp3) is 0.357. The van der Waals surface area contributed by atoms with Gasteiger partial charge in [-0.15, -0.1) is 0 Å². The Labute approximate surface area is 121 Å². The van der Waals surface area contributed by atoms with Gasteiger partial charge in [-0.2, -0.15) is 5.10 Å². The highest BCUT2D eigenvalue weighted by atomic mass is 79.9. The molecule has 1 heterocycles. The number of benzene rings is 1. The van der Waals surface area contributed by atoms with Gasteiger partial charge in [0, 0.05) is 35.7 Å². The van der Waals surface area contributed by atoms with Crippen LogP contribution >= 0.6 is 15.9 Å².